The zero-order chi connectivity index (χ0) is 15.8. The lowest BCUT2D eigenvalue weighted by molar-refractivity contribution is 0.216. The van der Waals surface area contributed by atoms with Crippen LogP contribution in [0.2, 0.25) is 0 Å². The fraction of sp³-hybridized carbons (Fsp3) is 0.167. The average molecular weight is 310 g/mol. The maximum absolute atomic E-state index is 12.9. The van der Waals surface area contributed by atoms with Gasteiger partial charge in [0.05, 0.1) is 6.61 Å². The molecule has 0 spiro atoms. The van der Waals surface area contributed by atoms with Crippen molar-refractivity contribution in [1.29, 1.82) is 0 Å². The van der Waals surface area contributed by atoms with E-state index >= 15 is 0 Å². The molecule has 1 aliphatic rings. The maximum atomic E-state index is 12.9. The molecule has 1 saturated heterocycles. The van der Waals surface area contributed by atoms with Gasteiger partial charge in [0.1, 0.15) is 35.0 Å². The summed E-state index contributed by atoms with van der Waals surface area (Å²) in [6, 6.07) is 13.9. The summed E-state index contributed by atoms with van der Waals surface area (Å²) in [5.74, 6) is 0.0420. The van der Waals surface area contributed by atoms with Gasteiger partial charge < -0.3 is 19.0 Å². The van der Waals surface area contributed by atoms with E-state index in [0.29, 0.717) is 29.9 Å². The molecule has 2 heterocycles. The quantitative estimate of drug-likeness (QED) is 0.750. The zero-order valence-corrected chi connectivity index (χ0v) is 12.2. The van der Waals surface area contributed by atoms with E-state index in [1.165, 1.54) is 6.07 Å². The van der Waals surface area contributed by atoms with Crippen LogP contribution in [0.25, 0.3) is 22.1 Å². The van der Waals surface area contributed by atoms with Gasteiger partial charge in [0.15, 0.2) is 0 Å². The lowest BCUT2D eigenvalue weighted by atomic mass is 10.0. The molecule has 1 unspecified atom stereocenters. The zero-order valence-electron chi connectivity index (χ0n) is 12.2. The Balaban J connectivity index is 1.95. The van der Waals surface area contributed by atoms with Crippen molar-refractivity contribution < 1.29 is 19.0 Å². The van der Waals surface area contributed by atoms with Crippen LogP contribution in [-0.4, -0.2) is 24.4 Å². The van der Waals surface area contributed by atoms with E-state index in [0.717, 1.165) is 0 Å². The van der Waals surface area contributed by atoms with Crippen molar-refractivity contribution in [3.63, 3.8) is 0 Å². The van der Waals surface area contributed by atoms with Gasteiger partial charge in [0.2, 0.25) is 5.43 Å². The standard InChI is InChI=1S/C18H14O5/c19-13-7-4-8-14-16(13)17(20)15(11-5-2-1-3-6-11)18(23-14)22-10-12-9-21-12/h1-8,12,19H,9-10H2. The van der Waals surface area contributed by atoms with Crippen molar-refractivity contribution in [2.75, 3.05) is 13.2 Å². The second-order valence-electron chi connectivity index (χ2n) is 5.38. The summed E-state index contributed by atoms with van der Waals surface area (Å²) in [6.07, 6.45) is 0.0452. The SMILES string of the molecule is O=c1c(-c2ccccc2)c(OCC2CO2)oc2cccc(O)c12. The van der Waals surface area contributed by atoms with Crippen LogP contribution < -0.4 is 10.2 Å². The lowest BCUT2D eigenvalue weighted by Gasteiger charge is -2.11. The van der Waals surface area contributed by atoms with Gasteiger partial charge in [-0.25, -0.2) is 0 Å². The average Bonchev–Trinajstić information content (AvgIpc) is 3.38. The molecule has 1 aliphatic heterocycles. The van der Waals surface area contributed by atoms with Gasteiger partial charge in [-0.05, 0) is 17.7 Å². The van der Waals surface area contributed by atoms with Crippen LogP contribution in [0, 0.1) is 0 Å². The molecule has 0 amide bonds. The number of epoxide rings is 1. The van der Waals surface area contributed by atoms with E-state index in [1.807, 2.05) is 18.2 Å². The molecule has 116 valence electrons. The molecule has 0 radical (unpaired) electrons. The fourth-order valence-corrected chi connectivity index (χ4v) is 2.49. The molecule has 0 bridgehead atoms. The molecule has 4 rings (SSSR count). The molecule has 1 fully saturated rings. The van der Waals surface area contributed by atoms with Crippen LogP contribution >= 0.6 is 0 Å². The van der Waals surface area contributed by atoms with E-state index in [9.17, 15) is 9.90 Å². The molecule has 1 aromatic heterocycles. The minimum atomic E-state index is -0.317. The molecule has 3 aromatic rings. The number of benzene rings is 2. The topological polar surface area (TPSA) is 72.2 Å². The summed E-state index contributed by atoms with van der Waals surface area (Å²) < 4.78 is 16.5. The highest BCUT2D eigenvalue weighted by atomic mass is 16.6. The second kappa shape index (κ2) is 5.44. The first-order valence-electron chi connectivity index (χ1n) is 7.32. The Hall–Kier alpha value is -2.79. The van der Waals surface area contributed by atoms with Crippen LogP contribution in [0.5, 0.6) is 11.7 Å². The Kier molecular flexibility index (Phi) is 3.28. The highest BCUT2D eigenvalue weighted by Crippen LogP contribution is 2.33. The van der Waals surface area contributed by atoms with Gasteiger partial charge in [-0.2, -0.15) is 0 Å². The number of fused-ring (bicyclic) bond motifs is 1. The van der Waals surface area contributed by atoms with Gasteiger partial charge in [-0.3, -0.25) is 4.79 Å². The van der Waals surface area contributed by atoms with Gasteiger partial charge in [0, 0.05) is 0 Å². The van der Waals surface area contributed by atoms with Crippen molar-refractivity contribution in [2.24, 2.45) is 0 Å². The first-order valence-corrected chi connectivity index (χ1v) is 7.32. The minimum absolute atomic E-state index is 0.0452. The Bertz CT molecular complexity index is 910. The van der Waals surface area contributed by atoms with Crippen molar-refractivity contribution in [3.05, 3.63) is 58.8 Å². The molecule has 23 heavy (non-hydrogen) atoms. The van der Waals surface area contributed by atoms with E-state index in [4.69, 9.17) is 13.9 Å². The van der Waals surface area contributed by atoms with Crippen LogP contribution in [0.3, 0.4) is 0 Å². The van der Waals surface area contributed by atoms with E-state index < -0.39 is 0 Å². The van der Waals surface area contributed by atoms with Crippen LogP contribution in [-0.2, 0) is 4.74 Å². The Labute approximate surface area is 131 Å². The monoisotopic (exact) mass is 310 g/mol. The summed E-state index contributed by atoms with van der Waals surface area (Å²) in [7, 11) is 0. The molecular formula is C18H14O5. The molecule has 0 saturated carbocycles. The summed E-state index contributed by atoms with van der Waals surface area (Å²) in [5, 5.41) is 10.2. The van der Waals surface area contributed by atoms with Crippen molar-refractivity contribution in [3.8, 4) is 22.8 Å². The number of aromatic hydroxyl groups is 1. The number of hydrogen-bond acceptors (Lipinski definition) is 5. The smallest absolute Gasteiger partial charge is 0.297 e. The van der Waals surface area contributed by atoms with E-state index in [-0.39, 0.29) is 28.6 Å². The van der Waals surface area contributed by atoms with Crippen molar-refractivity contribution in [2.45, 2.75) is 6.10 Å². The molecular weight excluding hydrogens is 296 g/mol. The summed E-state index contributed by atoms with van der Waals surface area (Å²) >= 11 is 0. The highest BCUT2D eigenvalue weighted by Gasteiger charge is 2.26. The number of hydrogen-bond donors (Lipinski definition) is 1. The minimum Gasteiger partial charge on any atom is -0.507 e. The van der Waals surface area contributed by atoms with Crippen molar-refractivity contribution >= 4 is 11.0 Å². The van der Waals surface area contributed by atoms with Crippen LogP contribution in [0.4, 0.5) is 0 Å². The second-order valence-corrected chi connectivity index (χ2v) is 5.38. The maximum Gasteiger partial charge on any atom is 0.297 e. The van der Waals surface area contributed by atoms with Gasteiger partial charge in [-0.1, -0.05) is 36.4 Å². The molecule has 1 N–H and O–H groups in total. The third kappa shape index (κ3) is 2.55. The third-order valence-corrected chi connectivity index (χ3v) is 3.73. The number of phenolic OH excluding ortho intramolecular Hbond substituents is 1. The number of phenols is 1. The predicted molar refractivity (Wildman–Crippen MR) is 84.8 cm³/mol. The molecule has 5 nitrogen and oxygen atoms in total. The van der Waals surface area contributed by atoms with Crippen LogP contribution in [0.15, 0.2) is 57.7 Å². The molecule has 2 aromatic carbocycles. The molecule has 0 aliphatic carbocycles. The third-order valence-electron chi connectivity index (χ3n) is 3.73. The van der Waals surface area contributed by atoms with Crippen molar-refractivity contribution in [1.82, 2.24) is 0 Å². The fourth-order valence-electron chi connectivity index (χ4n) is 2.49. The first kappa shape index (κ1) is 13.8. The Morgan fingerprint density at radius 1 is 1.13 bits per heavy atom. The van der Waals surface area contributed by atoms with Crippen LogP contribution in [0.1, 0.15) is 0 Å². The van der Waals surface area contributed by atoms with Gasteiger partial charge in [-0.15, -0.1) is 0 Å². The normalized spacial score (nSPS) is 16.4. The van der Waals surface area contributed by atoms with E-state index in [1.54, 1.807) is 24.3 Å². The highest BCUT2D eigenvalue weighted by molar-refractivity contribution is 5.88. The summed E-state index contributed by atoms with van der Waals surface area (Å²) in [6.45, 7) is 0.979. The van der Waals surface area contributed by atoms with Gasteiger partial charge in [0.25, 0.3) is 5.95 Å². The predicted octanol–water partition coefficient (Wildman–Crippen LogP) is 2.94. The number of ether oxygens (including phenoxy) is 2. The Morgan fingerprint density at radius 2 is 1.91 bits per heavy atom. The lowest BCUT2D eigenvalue weighted by Crippen LogP contribution is -2.11. The molecule has 1 atom stereocenters. The Morgan fingerprint density at radius 3 is 2.65 bits per heavy atom. The molecule has 5 heteroatoms. The summed E-state index contributed by atoms with van der Waals surface area (Å²) in [5.41, 5.74) is 0.960. The first-order chi connectivity index (χ1) is 11.2. The number of rotatable bonds is 4. The summed E-state index contributed by atoms with van der Waals surface area (Å²) in [4.78, 5) is 12.9. The van der Waals surface area contributed by atoms with E-state index in [2.05, 4.69) is 0 Å². The largest absolute Gasteiger partial charge is 0.507 e. The van der Waals surface area contributed by atoms with Gasteiger partial charge >= 0.3 is 0 Å².